The minimum absolute atomic E-state index is 0.203. The van der Waals surface area contributed by atoms with Crippen molar-refractivity contribution in [3.63, 3.8) is 0 Å². The van der Waals surface area contributed by atoms with Crippen LogP contribution < -0.4 is 20.4 Å². The highest BCUT2D eigenvalue weighted by atomic mass is 16.2. The summed E-state index contributed by atoms with van der Waals surface area (Å²) >= 11 is 0. The highest BCUT2D eigenvalue weighted by Gasteiger charge is 2.22. The van der Waals surface area contributed by atoms with Crippen molar-refractivity contribution in [3.8, 4) is 0 Å². The maximum absolute atomic E-state index is 11.9. The molecule has 2 aromatic rings. The van der Waals surface area contributed by atoms with Gasteiger partial charge in [-0.05, 0) is 55.2 Å². The van der Waals surface area contributed by atoms with Crippen molar-refractivity contribution in [3.05, 3.63) is 59.7 Å². The number of benzene rings is 2. The minimum Gasteiger partial charge on any atom is -0.357 e. The monoisotopic (exact) mass is 433 g/mol. The van der Waals surface area contributed by atoms with Gasteiger partial charge < -0.3 is 20.4 Å². The Labute approximate surface area is 189 Å². The number of carbonyl (C=O) groups is 2. The van der Waals surface area contributed by atoms with E-state index < -0.39 is 0 Å². The largest absolute Gasteiger partial charge is 0.357 e. The molecule has 0 spiro atoms. The number of anilines is 2. The molecule has 0 bridgehead atoms. The van der Waals surface area contributed by atoms with Gasteiger partial charge in [0.1, 0.15) is 0 Å². The quantitative estimate of drug-likeness (QED) is 0.519. The molecule has 2 fully saturated rings. The van der Waals surface area contributed by atoms with Crippen LogP contribution in [-0.4, -0.2) is 37.4 Å². The average Bonchev–Trinajstić information content (AvgIpc) is 3.44. The predicted molar refractivity (Wildman–Crippen MR) is 128 cm³/mol. The van der Waals surface area contributed by atoms with Crippen LogP contribution in [-0.2, 0) is 22.7 Å². The highest BCUT2D eigenvalue weighted by Crippen LogP contribution is 2.22. The van der Waals surface area contributed by atoms with Crippen molar-refractivity contribution < 1.29 is 9.59 Å². The molecular weight excluding hydrogens is 402 g/mol. The maximum Gasteiger partial charge on any atom is 0.227 e. The summed E-state index contributed by atoms with van der Waals surface area (Å²) in [6, 6.07) is 16.2. The Morgan fingerprint density at radius 3 is 1.81 bits per heavy atom. The zero-order valence-electron chi connectivity index (χ0n) is 18.6. The van der Waals surface area contributed by atoms with Gasteiger partial charge >= 0.3 is 0 Å². The molecule has 32 heavy (non-hydrogen) atoms. The fourth-order valence-corrected chi connectivity index (χ4v) is 4.12. The van der Waals surface area contributed by atoms with Crippen LogP contribution in [0.3, 0.4) is 0 Å². The first-order chi connectivity index (χ1) is 15.6. The first kappa shape index (κ1) is 21.9. The van der Waals surface area contributed by atoms with E-state index in [4.69, 9.17) is 4.99 Å². The average molecular weight is 434 g/mol. The van der Waals surface area contributed by atoms with Gasteiger partial charge in [0, 0.05) is 50.4 Å². The van der Waals surface area contributed by atoms with Gasteiger partial charge in [-0.15, -0.1) is 0 Å². The van der Waals surface area contributed by atoms with Gasteiger partial charge in [0.2, 0.25) is 11.8 Å². The van der Waals surface area contributed by atoms with E-state index in [0.29, 0.717) is 25.9 Å². The zero-order valence-corrected chi connectivity index (χ0v) is 18.6. The molecule has 7 heteroatoms. The zero-order chi connectivity index (χ0) is 22.3. The van der Waals surface area contributed by atoms with Crippen LogP contribution in [0.1, 0.15) is 43.7 Å². The number of nitrogens with one attached hydrogen (secondary N) is 2. The molecule has 0 unspecified atom stereocenters. The highest BCUT2D eigenvalue weighted by molar-refractivity contribution is 5.95. The molecule has 7 nitrogen and oxygen atoms in total. The van der Waals surface area contributed by atoms with E-state index in [-0.39, 0.29) is 11.8 Å². The van der Waals surface area contributed by atoms with E-state index in [9.17, 15) is 9.59 Å². The van der Waals surface area contributed by atoms with E-state index in [1.54, 1.807) is 0 Å². The summed E-state index contributed by atoms with van der Waals surface area (Å²) in [5.74, 6) is 1.16. The number of hydrogen-bond donors (Lipinski definition) is 2. The lowest BCUT2D eigenvalue weighted by Gasteiger charge is -2.17. The topological polar surface area (TPSA) is 77.0 Å². The lowest BCUT2D eigenvalue weighted by Crippen LogP contribution is -2.36. The molecular formula is C25H31N5O2. The molecule has 2 N–H and O–H groups in total. The number of aliphatic imine (C=N–C) groups is 1. The van der Waals surface area contributed by atoms with Crippen molar-refractivity contribution in [2.24, 2.45) is 4.99 Å². The van der Waals surface area contributed by atoms with E-state index in [0.717, 1.165) is 60.9 Å². The van der Waals surface area contributed by atoms with Gasteiger partial charge in [-0.25, -0.2) is 4.99 Å². The maximum atomic E-state index is 11.9. The number of nitrogens with zero attached hydrogens (tertiary/aromatic N) is 3. The molecule has 2 aromatic carbocycles. The Hall–Kier alpha value is -3.35. The van der Waals surface area contributed by atoms with Crippen LogP contribution in [0.25, 0.3) is 0 Å². The number of carbonyl (C=O) groups excluding carboxylic acids is 2. The molecule has 0 atom stereocenters. The number of guanidine groups is 1. The van der Waals surface area contributed by atoms with E-state index >= 15 is 0 Å². The minimum atomic E-state index is 0.203. The molecule has 0 aromatic heterocycles. The molecule has 2 heterocycles. The summed E-state index contributed by atoms with van der Waals surface area (Å²) in [5.41, 5.74) is 4.16. The van der Waals surface area contributed by atoms with Crippen molar-refractivity contribution >= 4 is 29.1 Å². The van der Waals surface area contributed by atoms with Crippen LogP contribution in [0.2, 0.25) is 0 Å². The first-order valence-corrected chi connectivity index (χ1v) is 11.4. The fraction of sp³-hybridized carbons (Fsp3) is 0.400. The third kappa shape index (κ3) is 5.28. The van der Waals surface area contributed by atoms with Crippen molar-refractivity contribution in [1.29, 1.82) is 0 Å². The molecule has 4 rings (SSSR count). The summed E-state index contributed by atoms with van der Waals surface area (Å²) in [7, 11) is 0. The second-order valence-electron chi connectivity index (χ2n) is 8.18. The summed E-state index contributed by atoms with van der Waals surface area (Å²) in [5, 5.41) is 6.65. The SMILES string of the molecule is CCNC(=NCc1ccc(N2CCCC2=O)cc1)NCc1ccc(N2CCCC2=O)cc1. The Bertz CT molecular complexity index is 969. The van der Waals surface area contributed by atoms with Gasteiger partial charge in [0.15, 0.2) is 5.96 Å². The van der Waals surface area contributed by atoms with Crippen LogP contribution in [0.4, 0.5) is 11.4 Å². The standard InChI is InChI=1S/C25H31N5O2/c1-2-26-25(27-17-19-7-11-21(12-8-19)29-15-3-5-23(29)31)28-18-20-9-13-22(14-10-20)30-16-4-6-24(30)32/h7-14H,2-6,15-18H2,1H3,(H2,26,27,28). The third-order valence-electron chi connectivity index (χ3n) is 5.87. The second kappa shape index (κ2) is 10.3. The van der Waals surface area contributed by atoms with Crippen LogP contribution in [0, 0.1) is 0 Å². The van der Waals surface area contributed by atoms with Gasteiger partial charge in [-0.2, -0.15) is 0 Å². The Morgan fingerprint density at radius 1 is 0.812 bits per heavy atom. The normalized spacial score (nSPS) is 16.7. The molecule has 2 saturated heterocycles. The van der Waals surface area contributed by atoms with Crippen LogP contribution in [0.15, 0.2) is 53.5 Å². The molecule has 0 radical (unpaired) electrons. The Morgan fingerprint density at radius 2 is 1.34 bits per heavy atom. The van der Waals surface area contributed by atoms with Gasteiger partial charge in [-0.3, -0.25) is 9.59 Å². The van der Waals surface area contributed by atoms with Crippen molar-refractivity contribution in [2.45, 2.75) is 45.7 Å². The summed E-state index contributed by atoms with van der Waals surface area (Å²) in [6.07, 6.45) is 3.15. The molecule has 0 aliphatic carbocycles. The first-order valence-electron chi connectivity index (χ1n) is 11.4. The van der Waals surface area contributed by atoms with E-state index in [2.05, 4.69) is 22.8 Å². The number of hydrogen-bond acceptors (Lipinski definition) is 3. The predicted octanol–water partition coefficient (Wildman–Crippen LogP) is 3.20. The molecule has 0 saturated carbocycles. The molecule has 2 aliphatic heterocycles. The van der Waals surface area contributed by atoms with E-state index in [1.165, 1.54) is 0 Å². The Kier molecular flexibility index (Phi) is 7.04. The van der Waals surface area contributed by atoms with Crippen LogP contribution in [0.5, 0.6) is 0 Å². The Balaban J connectivity index is 1.33. The second-order valence-corrected chi connectivity index (χ2v) is 8.18. The number of amides is 2. The lowest BCUT2D eigenvalue weighted by atomic mass is 10.2. The number of rotatable bonds is 7. The fourth-order valence-electron chi connectivity index (χ4n) is 4.12. The molecule has 2 aliphatic rings. The summed E-state index contributed by atoms with van der Waals surface area (Å²) in [6.45, 7) is 5.64. The van der Waals surface area contributed by atoms with Crippen molar-refractivity contribution in [1.82, 2.24) is 10.6 Å². The smallest absolute Gasteiger partial charge is 0.227 e. The summed E-state index contributed by atoms with van der Waals surface area (Å²) < 4.78 is 0. The van der Waals surface area contributed by atoms with Crippen LogP contribution >= 0.6 is 0 Å². The molecule has 168 valence electrons. The van der Waals surface area contributed by atoms with Gasteiger partial charge in [0.05, 0.1) is 6.54 Å². The van der Waals surface area contributed by atoms with Crippen molar-refractivity contribution in [2.75, 3.05) is 29.4 Å². The van der Waals surface area contributed by atoms with Gasteiger partial charge in [-0.1, -0.05) is 24.3 Å². The van der Waals surface area contributed by atoms with E-state index in [1.807, 2.05) is 53.1 Å². The van der Waals surface area contributed by atoms with Gasteiger partial charge in [0.25, 0.3) is 0 Å². The summed E-state index contributed by atoms with van der Waals surface area (Å²) in [4.78, 5) is 32.2. The third-order valence-corrected chi connectivity index (χ3v) is 5.87. The molecule has 2 amide bonds. The lowest BCUT2D eigenvalue weighted by molar-refractivity contribution is -0.117.